The lowest BCUT2D eigenvalue weighted by atomic mass is 9.88. The molecule has 0 amide bonds. The highest BCUT2D eigenvalue weighted by atomic mass is 16.5. The molecule has 1 aliphatic carbocycles. The lowest BCUT2D eigenvalue weighted by Crippen LogP contribution is -2.46. The standard InChI is InChI=1S/C15H27NO3/c1-11-3-5-13(6-4-11)19-14-7-9-16(10-8-14)12(2)15(17)18/h11-14H,3-10H2,1-2H3,(H,17,18). The molecule has 0 bridgehead atoms. The number of hydrogen-bond donors (Lipinski definition) is 1. The minimum Gasteiger partial charge on any atom is -0.480 e. The number of carbonyl (C=O) groups is 1. The maximum Gasteiger partial charge on any atom is 0.320 e. The number of ether oxygens (including phenoxy) is 1. The summed E-state index contributed by atoms with van der Waals surface area (Å²) in [5.74, 6) is 0.138. The van der Waals surface area contributed by atoms with Gasteiger partial charge in [-0.05, 0) is 51.4 Å². The Kier molecular flexibility index (Phi) is 5.22. The SMILES string of the molecule is CC1CCC(OC2CCN(C(C)C(=O)O)CC2)CC1. The van der Waals surface area contributed by atoms with Crippen LogP contribution >= 0.6 is 0 Å². The number of aliphatic carboxylic acids is 1. The number of rotatable bonds is 4. The zero-order chi connectivity index (χ0) is 13.8. The van der Waals surface area contributed by atoms with Crippen LogP contribution in [-0.4, -0.2) is 47.3 Å². The van der Waals surface area contributed by atoms with Crippen molar-refractivity contribution in [2.24, 2.45) is 5.92 Å². The molecular formula is C15H27NO3. The number of nitrogens with zero attached hydrogens (tertiary/aromatic N) is 1. The van der Waals surface area contributed by atoms with E-state index in [0.717, 1.165) is 31.8 Å². The van der Waals surface area contributed by atoms with E-state index in [-0.39, 0.29) is 6.04 Å². The fourth-order valence-corrected chi connectivity index (χ4v) is 3.19. The zero-order valence-corrected chi connectivity index (χ0v) is 12.2. The summed E-state index contributed by atoms with van der Waals surface area (Å²) in [5.41, 5.74) is 0. The molecule has 0 radical (unpaired) electrons. The highest BCUT2D eigenvalue weighted by Gasteiger charge is 2.28. The van der Waals surface area contributed by atoms with Crippen LogP contribution in [0, 0.1) is 5.92 Å². The molecule has 1 saturated heterocycles. The number of carboxylic acids is 1. The van der Waals surface area contributed by atoms with E-state index in [1.165, 1.54) is 25.7 Å². The highest BCUT2D eigenvalue weighted by Crippen LogP contribution is 2.28. The third-order valence-corrected chi connectivity index (χ3v) is 4.73. The Labute approximate surface area is 116 Å². The summed E-state index contributed by atoms with van der Waals surface area (Å²) < 4.78 is 6.20. The second kappa shape index (κ2) is 6.71. The van der Waals surface area contributed by atoms with Gasteiger partial charge in [-0.1, -0.05) is 6.92 Å². The van der Waals surface area contributed by atoms with Crippen LogP contribution in [0.3, 0.4) is 0 Å². The van der Waals surface area contributed by atoms with Crippen molar-refractivity contribution in [1.29, 1.82) is 0 Å². The van der Waals surface area contributed by atoms with E-state index < -0.39 is 5.97 Å². The van der Waals surface area contributed by atoms with Crippen molar-refractivity contribution in [3.8, 4) is 0 Å². The van der Waals surface area contributed by atoms with Gasteiger partial charge in [-0.15, -0.1) is 0 Å². The number of piperidine rings is 1. The Hall–Kier alpha value is -0.610. The van der Waals surface area contributed by atoms with Crippen molar-refractivity contribution >= 4 is 5.97 Å². The average molecular weight is 269 g/mol. The smallest absolute Gasteiger partial charge is 0.320 e. The van der Waals surface area contributed by atoms with Gasteiger partial charge >= 0.3 is 5.97 Å². The molecule has 1 saturated carbocycles. The molecule has 19 heavy (non-hydrogen) atoms. The monoisotopic (exact) mass is 269 g/mol. The van der Waals surface area contributed by atoms with E-state index in [2.05, 4.69) is 6.92 Å². The molecular weight excluding hydrogens is 242 g/mol. The van der Waals surface area contributed by atoms with Gasteiger partial charge in [0.2, 0.25) is 0 Å². The summed E-state index contributed by atoms with van der Waals surface area (Å²) in [5, 5.41) is 9.01. The molecule has 0 aromatic carbocycles. The first kappa shape index (κ1) is 14.8. The predicted molar refractivity (Wildman–Crippen MR) is 74.2 cm³/mol. The normalized spacial score (nSPS) is 32.1. The summed E-state index contributed by atoms with van der Waals surface area (Å²) in [6.07, 6.45) is 7.73. The molecule has 1 aliphatic heterocycles. The van der Waals surface area contributed by atoms with Crippen LogP contribution in [0.5, 0.6) is 0 Å². The van der Waals surface area contributed by atoms with Crippen molar-refractivity contribution in [3.05, 3.63) is 0 Å². The van der Waals surface area contributed by atoms with Gasteiger partial charge < -0.3 is 9.84 Å². The Morgan fingerprint density at radius 3 is 2.16 bits per heavy atom. The molecule has 2 rings (SSSR count). The van der Waals surface area contributed by atoms with Gasteiger partial charge in [0.1, 0.15) is 6.04 Å². The van der Waals surface area contributed by atoms with Crippen molar-refractivity contribution in [3.63, 3.8) is 0 Å². The van der Waals surface area contributed by atoms with Crippen molar-refractivity contribution in [2.75, 3.05) is 13.1 Å². The maximum atomic E-state index is 11.0. The van der Waals surface area contributed by atoms with Crippen molar-refractivity contribution in [1.82, 2.24) is 4.90 Å². The lowest BCUT2D eigenvalue weighted by Gasteiger charge is -2.37. The topological polar surface area (TPSA) is 49.8 Å². The first-order valence-electron chi connectivity index (χ1n) is 7.68. The fourth-order valence-electron chi connectivity index (χ4n) is 3.19. The van der Waals surface area contributed by atoms with Gasteiger partial charge in [0, 0.05) is 13.1 Å². The summed E-state index contributed by atoms with van der Waals surface area (Å²) in [6.45, 7) is 5.79. The second-order valence-electron chi connectivity index (χ2n) is 6.27. The molecule has 2 aliphatic rings. The molecule has 0 spiro atoms. The third-order valence-electron chi connectivity index (χ3n) is 4.73. The molecule has 110 valence electrons. The second-order valence-corrected chi connectivity index (χ2v) is 6.27. The van der Waals surface area contributed by atoms with E-state index in [4.69, 9.17) is 9.84 Å². The largest absolute Gasteiger partial charge is 0.480 e. The third kappa shape index (κ3) is 4.18. The fraction of sp³-hybridized carbons (Fsp3) is 0.933. The van der Waals surface area contributed by atoms with Crippen LogP contribution in [0.25, 0.3) is 0 Å². The molecule has 1 heterocycles. The Morgan fingerprint density at radius 1 is 1.11 bits per heavy atom. The van der Waals surface area contributed by atoms with Crippen molar-refractivity contribution < 1.29 is 14.6 Å². The van der Waals surface area contributed by atoms with Gasteiger partial charge in [0.15, 0.2) is 0 Å². The van der Waals surface area contributed by atoms with E-state index in [0.29, 0.717) is 12.2 Å². The maximum absolute atomic E-state index is 11.0. The van der Waals surface area contributed by atoms with Crippen LogP contribution < -0.4 is 0 Å². The predicted octanol–water partition coefficient (Wildman–Crippen LogP) is 2.52. The van der Waals surface area contributed by atoms with Crippen molar-refractivity contribution in [2.45, 2.75) is 70.6 Å². The van der Waals surface area contributed by atoms with Crippen LogP contribution in [0.4, 0.5) is 0 Å². The van der Waals surface area contributed by atoms with Gasteiger partial charge in [-0.2, -0.15) is 0 Å². The minimum absolute atomic E-state index is 0.343. The molecule has 1 N–H and O–H groups in total. The molecule has 2 fully saturated rings. The molecule has 4 heteroatoms. The Balaban J connectivity index is 1.70. The summed E-state index contributed by atoms with van der Waals surface area (Å²) >= 11 is 0. The number of carboxylic acid groups (broad SMARTS) is 1. The minimum atomic E-state index is -0.722. The van der Waals surface area contributed by atoms with Gasteiger partial charge in [0.05, 0.1) is 12.2 Å². The average Bonchev–Trinajstić information content (AvgIpc) is 2.41. The zero-order valence-electron chi connectivity index (χ0n) is 12.2. The first-order valence-corrected chi connectivity index (χ1v) is 7.68. The van der Waals surface area contributed by atoms with Crippen LogP contribution in [-0.2, 0) is 9.53 Å². The lowest BCUT2D eigenvalue weighted by molar-refractivity contribution is -0.144. The highest BCUT2D eigenvalue weighted by molar-refractivity contribution is 5.72. The number of hydrogen-bond acceptors (Lipinski definition) is 3. The van der Waals surface area contributed by atoms with Gasteiger partial charge in [0.25, 0.3) is 0 Å². The molecule has 0 aromatic heterocycles. The molecule has 0 aromatic rings. The van der Waals surface area contributed by atoms with E-state index in [1.807, 2.05) is 4.90 Å². The van der Waals surface area contributed by atoms with E-state index in [1.54, 1.807) is 6.92 Å². The molecule has 1 atom stereocenters. The van der Waals surface area contributed by atoms with Gasteiger partial charge in [-0.25, -0.2) is 0 Å². The van der Waals surface area contributed by atoms with Crippen LogP contribution in [0.15, 0.2) is 0 Å². The summed E-state index contributed by atoms with van der Waals surface area (Å²) in [6, 6.07) is -0.364. The van der Waals surface area contributed by atoms with Crippen LogP contribution in [0.1, 0.15) is 52.4 Å². The summed E-state index contributed by atoms with van der Waals surface area (Å²) in [4.78, 5) is 13.0. The number of likely N-dealkylation sites (tertiary alicyclic amines) is 1. The van der Waals surface area contributed by atoms with Gasteiger partial charge in [-0.3, -0.25) is 9.69 Å². The Morgan fingerprint density at radius 2 is 1.63 bits per heavy atom. The van der Waals surface area contributed by atoms with E-state index in [9.17, 15) is 4.79 Å². The molecule has 1 unspecified atom stereocenters. The van der Waals surface area contributed by atoms with E-state index >= 15 is 0 Å². The molecule has 4 nitrogen and oxygen atoms in total. The quantitative estimate of drug-likeness (QED) is 0.852. The van der Waals surface area contributed by atoms with Crippen LogP contribution in [0.2, 0.25) is 0 Å². The first-order chi connectivity index (χ1) is 9.06. The Bertz CT molecular complexity index is 292. The summed E-state index contributed by atoms with van der Waals surface area (Å²) in [7, 11) is 0.